The van der Waals surface area contributed by atoms with E-state index in [1.165, 1.54) is 4.90 Å². The molecule has 0 aromatic carbocycles. The van der Waals surface area contributed by atoms with Gasteiger partial charge in [0.1, 0.15) is 15.9 Å². The van der Waals surface area contributed by atoms with E-state index >= 15 is 0 Å². The molecule has 17 heavy (non-hydrogen) atoms. The molecule has 0 aromatic rings. The molecular formula is C10H18N2O4S. The summed E-state index contributed by atoms with van der Waals surface area (Å²) in [5, 5.41) is 0. The molecule has 98 valence electrons. The lowest BCUT2D eigenvalue weighted by molar-refractivity contribution is -0.138. The zero-order chi connectivity index (χ0) is 13.2. The first-order valence-corrected chi connectivity index (χ1v) is 7.56. The molecule has 0 radical (unpaired) electrons. The Morgan fingerprint density at radius 3 is 2.53 bits per heavy atom. The molecule has 1 aliphatic heterocycles. The van der Waals surface area contributed by atoms with Crippen molar-refractivity contribution in [2.45, 2.75) is 25.8 Å². The summed E-state index contributed by atoms with van der Waals surface area (Å²) in [6.45, 7) is 2.26. The average molecular weight is 262 g/mol. The maximum absolute atomic E-state index is 11.7. The molecule has 6 nitrogen and oxygen atoms in total. The van der Waals surface area contributed by atoms with Gasteiger partial charge in [-0.2, -0.15) is 0 Å². The highest BCUT2D eigenvalue weighted by Crippen LogP contribution is 2.21. The van der Waals surface area contributed by atoms with E-state index in [1.807, 2.05) is 0 Å². The fraction of sp³-hybridized carbons (Fsp3) is 0.800. The highest BCUT2D eigenvalue weighted by Gasteiger charge is 2.35. The summed E-state index contributed by atoms with van der Waals surface area (Å²) in [4.78, 5) is 24.4. The largest absolute Gasteiger partial charge is 0.368 e. The number of nitrogens with two attached hydrogens (primary N) is 1. The van der Waals surface area contributed by atoms with Gasteiger partial charge < -0.3 is 10.6 Å². The number of amides is 2. The Labute approximate surface area is 101 Å². The topological polar surface area (TPSA) is 97.5 Å². The summed E-state index contributed by atoms with van der Waals surface area (Å²) < 4.78 is 22.1. The zero-order valence-corrected chi connectivity index (χ0v) is 10.9. The van der Waals surface area contributed by atoms with Crippen LogP contribution in [0.2, 0.25) is 0 Å². The minimum absolute atomic E-state index is 0.0760. The molecule has 1 aliphatic rings. The lowest BCUT2D eigenvalue weighted by Gasteiger charge is -2.25. The van der Waals surface area contributed by atoms with E-state index in [4.69, 9.17) is 5.73 Å². The van der Waals surface area contributed by atoms with Gasteiger partial charge in [0.05, 0.1) is 5.75 Å². The highest BCUT2D eigenvalue weighted by atomic mass is 32.2. The van der Waals surface area contributed by atoms with E-state index in [0.717, 1.165) is 6.26 Å². The summed E-state index contributed by atoms with van der Waals surface area (Å²) in [6, 6.07) is -0.804. The van der Waals surface area contributed by atoms with Crippen LogP contribution in [0.25, 0.3) is 0 Å². The molecule has 1 fully saturated rings. The fourth-order valence-corrected chi connectivity index (χ4v) is 2.59. The van der Waals surface area contributed by atoms with Gasteiger partial charge in [-0.25, -0.2) is 8.42 Å². The second-order valence-corrected chi connectivity index (χ2v) is 6.82. The van der Waals surface area contributed by atoms with Crippen molar-refractivity contribution in [1.82, 2.24) is 4.90 Å². The number of rotatable bonds is 5. The third-order valence-electron chi connectivity index (χ3n) is 2.97. The van der Waals surface area contributed by atoms with Crippen molar-refractivity contribution in [3.8, 4) is 0 Å². The van der Waals surface area contributed by atoms with E-state index in [9.17, 15) is 18.0 Å². The minimum Gasteiger partial charge on any atom is -0.368 e. The molecule has 0 bridgehead atoms. The maximum Gasteiger partial charge on any atom is 0.240 e. The van der Waals surface area contributed by atoms with Crippen LogP contribution in [-0.4, -0.2) is 49.7 Å². The van der Waals surface area contributed by atoms with Crippen LogP contribution in [0.4, 0.5) is 0 Å². The van der Waals surface area contributed by atoms with Crippen molar-refractivity contribution in [2.75, 3.05) is 18.6 Å². The summed E-state index contributed by atoms with van der Waals surface area (Å²) in [5.41, 5.74) is 5.23. The Hall–Kier alpha value is -1.11. The Morgan fingerprint density at radius 1 is 1.59 bits per heavy atom. The minimum atomic E-state index is -3.16. The van der Waals surface area contributed by atoms with Crippen LogP contribution in [0.15, 0.2) is 0 Å². The highest BCUT2D eigenvalue weighted by molar-refractivity contribution is 7.90. The van der Waals surface area contributed by atoms with Gasteiger partial charge in [-0.15, -0.1) is 0 Å². The van der Waals surface area contributed by atoms with E-state index in [0.29, 0.717) is 13.0 Å². The van der Waals surface area contributed by atoms with Crippen molar-refractivity contribution in [2.24, 2.45) is 11.7 Å². The molecule has 1 saturated heterocycles. The summed E-state index contributed by atoms with van der Waals surface area (Å²) in [6.07, 6.45) is 1.85. The average Bonchev–Trinajstić information content (AvgIpc) is 2.47. The maximum atomic E-state index is 11.7. The van der Waals surface area contributed by atoms with E-state index < -0.39 is 21.8 Å². The number of carbonyl (C=O) groups excluding carboxylic acids is 2. The number of likely N-dealkylation sites (tertiary alicyclic amines) is 1. The molecule has 2 unspecified atom stereocenters. The molecular weight excluding hydrogens is 244 g/mol. The first-order chi connectivity index (χ1) is 7.72. The van der Waals surface area contributed by atoms with Gasteiger partial charge in [-0.05, 0) is 12.8 Å². The van der Waals surface area contributed by atoms with Crippen molar-refractivity contribution >= 4 is 21.7 Å². The third-order valence-corrected chi connectivity index (χ3v) is 3.95. The molecule has 0 aliphatic carbocycles. The Morgan fingerprint density at radius 2 is 2.18 bits per heavy atom. The van der Waals surface area contributed by atoms with Gasteiger partial charge >= 0.3 is 0 Å². The van der Waals surface area contributed by atoms with Gasteiger partial charge in [-0.3, -0.25) is 9.59 Å². The fourth-order valence-electron chi connectivity index (χ4n) is 1.94. The van der Waals surface area contributed by atoms with E-state index in [1.54, 1.807) is 6.92 Å². The van der Waals surface area contributed by atoms with Crippen LogP contribution >= 0.6 is 0 Å². The van der Waals surface area contributed by atoms with Crippen LogP contribution in [0.3, 0.4) is 0 Å². The number of hydrogen-bond donors (Lipinski definition) is 1. The monoisotopic (exact) mass is 262 g/mol. The number of carbonyl (C=O) groups is 2. The number of sulfone groups is 1. The summed E-state index contributed by atoms with van der Waals surface area (Å²) in [7, 11) is -3.16. The number of nitrogens with zero attached hydrogens (tertiary/aromatic N) is 1. The number of hydrogen-bond acceptors (Lipinski definition) is 4. The van der Waals surface area contributed by atoms with Gasteiger partial charge in [-0.1, -0.05) is 6.92 Å². The first kappa shape index (κ1) is 14.0. The number of primary amides is 1. The van der Waals surface area contributed by atoms with Crippen LogP contribution in [0, 0.1) is 5.92 Å². The van der Waals surface area contributed by atoms with Gasteiger partial charge in [0.2, 0.25) is 11.8 Å². The molecule has 7 heteroatoms. The van der Waals surface area contributed by atoms with Gasteiger partial charge in [0, 0.05) is 18.7 Å². The Kier molecular flexibility index (Phi) is 4.13. The lowest BCUT2D eigenvalue weighted by Crippen LogP contribution is -2.46. The predicted octanol–water partition coefficient (Wildman–Crippen LogP) is -0.857. The second kappa shape index (κ2) is 5.03. The summed E-state index contributed by atoms with van der Waals surface area (Å²) in [5.74, 6) is -1.02. The van der Waals surface area contributed by atoms with Crippen LogP contribution < -0.4 is 5.73 Å². The molecule has 0 saturated carbocycles. The molecule has 2 atom stereocenters. The molecule has 0 aromatic heterocycles. The normalized spacial score (nSPS) is 22.8. The van der Waals surface area contributed by atoms with Crippen LogP contribution in [0.1, 0.15) is 19.8 Å². The molecule has 0 spiro atoms. The second-order valence-electron chi connectivity index (χ2n) is 4.56. The smallest absolute Gasteiger partial charge is 0.240 e. The summed E-state index contributed by atoms with van der Waals surface area (Å²) >= 11 is 0. The van der Waals surface area contributed by atoms with Crippen molar-refractivity contribution in [1.29, 1.82) is 0 Å². The molecule has 2 N–H and O–H groups in total. The van der Waals surface area contributed by atoms with Gasteiger partial charge in [0.15, 0.2) is 0 Å². The van der Waals surface area contributed by atoms with Crippen molar-refractivity contribution in [3.63, 3.8) is 0 Å². The SMILES string of the molecule is CC1CCN(C(CCS(C)(=O)=O)C(N)=O)C1=O. The standard InChI is InChI=1S/C10H18N2O4S/c1-7-3-5-12(10(7)14)8(9(11)13)4-6-17(2,15)16/h7-8H,3-6H2,1-2H3,(H2,11,13). The van der Waals surface area contributed by atoms with Crippen molar-refractivity contribution < 1.29 is 18.0 Å². The third kappa shape index (κ3) is 3.69. The van der Waals surface area contributed by atoms with Crippen LogP contribution in [-0.2, 0) is 19.4 Å². The van der Waals surface area contributed by atoms with Crippen molar-refractivity contribution in [3.05, 3.63) is 0 Å². The molecule has 1 heterocycles. The predicted molar refractivity (Wildman–Crippen MR) is 62.8 cm³/mol. The van der Waals surface area contributed by atoms with Gasteiger partial charge in [0.25, 0.3) is 0 Å². The van der Waals surface area contributed by atoms with E-state index in [2.05, 4.69) is 0 Å². The first-order valence-electron chi connectivity index (χ1n) is 5.50. The Bertz CT molecular complexity index is 418. The van der Waals surface area contributed by atoms with E-state index in [-0.39, 0.29) is 24.0 Å². The van der Waals surface area contributed by atoms with Crippen LogP contribution in [0.5, 0.6) is 0 Å². The quantitative estimate of drug-likeness (QED) is 0.697. The molecule has 2 amide bonds. The lowest BCUT2D eigenvalue weighted by atomic mass is 10.1. The zero-order valence-electron chi connectivity index (χ0n) is 10.0. The molecule has 1 rings (SSSR count). The Balaban J connectivity index is 2.74.